The molecule has 1 aromatic carbocycles. The Balaban J connectivity index is 0.00000235. The summed E-state index contributed by atoms with van der Waals surface area (Å²) < 4.78 is 3.50. The van der Waals surface area contributed by atoms with Gasteiger partial charge in [-0.1, -0.05) is 111 Å². The molecule has 4 rings (SSSR count). The maximum absolute atomic E-state index is 14.5. The van der Waals surface area contributed by atoms with Crippen LogP contribution in [0.1, 0.15) is 125 Å². The normalized spacial score (nSPS) is 20.2. The van der Waals surface area contributed by atoms with E-state index in [0.29, 0.717) is 32.2 Å². The van der Waals surface area contributed by atoms with Gasteiger partial charge >= 0.3 is 0 Å². The summed E-state index contributed by atoms with van der Waals surface area (Å²) in [5, 5.41) is 8.56. The Bertz CT molecular complexity index is 1340. The fraction of sp³-hybridized carbons (Fsp3) is 0.683. The number of nitrogens with one attached hydrogen (secondary N) is 4. The second-order valence-electron chi connectivity index (χ2n) is 15.8. The molecular weight excluding hydrogens is 675 g/mol. The second-order valence-corrected chi connectivity index (χ2v) is 16.7. The number of benzene rings is 1. The fourth-order valence-corrected chi connectivity index (χ4v) is 7.98. The third kappa shape index (κ3) is 12.5. The molecule has 0 aromatic heterocycles. The van der Waals surface area contributed by atoms with Gasteiger partial charge < -0.3 is 20.9 Å². The number of hydrogen-bond acceptors (Lipinski definition) is 7. The summed E-state index contributed by atoms with van der Waals surface area (Å²) in [6.07, 6.45) is 12.9. The van der Waals surface area contributed by atoms with E-state index in [4.69, 9.17) is 0 Å². The van der Waals surface area contributed by atoms with Gasteiger partial charge in [-0.2, -0.15) is 0 Å². The van der Waals surface area contributed by atoms with Crippen molar-refractivity contribution < 1.29 is 24.0 Å². The fourth-order valence-electron chi connectivity index (χ4n) is 7.04. The molecule has 290 valence electrons. The number of carbonyl (C=O) groups is 5. The van der Waals surface area contributed by atoms with Crippen molar-refractivity contribution in [3.05, 3.63) is 43.0 Å². The number of carbonyl (C=O) groups excluding carboxylic acids is 5. The minimum Gasteiger partial charge on any atom is -0.346 e. The molecule has 3 unspecified atom stereocenters. The Morgan fingerprint density at radius 2 is 1.60 bits per heavy atom. The third-order valence-electron chi connectivity index (χ3n) is 10.8. The van der Waals surface area contributed by atoms with Crippen LogP contribution in [0, 0.1) is 16.7 Å². The molecule has 11 heteroatoms. The monoisotopic (exact) mass is 739 g/mol. The average Bonchev–Trinajstić information content (AvgIpc) is 3.86. The zero-order chi connectivity index (χ0) is 38.3. The summed E-state index contributed by atoms with van der Waals surface area (Å²) in [4.78, 5) is 70.9. The summed E-state index contributed by atoms with van der Waals surface area (Å²) in [5.74, 6) is -2.11. The number of amides is 4. The molecule has 1 aliphatic heterocycles. The van der Waals surface area contributed by atoms with Gasteiger partial charge in [0, 0.05) is 18.0 Å². The highest BCUT2D eigenvalue weighted by molar-refractivity contribution is 7.97. The zero-order valence-corrected chi connectivity index (χ0v) is 33.4. The minimum atomic E-state index is -0.959. The van der Waals surface area contributed by atoms with Gasteiger partial charge in [-0.3, -0.25) is 24.0 Å². The van der Waals surface area contributed by atoms with Crippen LogP contribution in [0.5, 0.6) is 0 Å². The Morgan fingerprint density at radius 3 is 2.17 bits per heavy atom. The lowest BCUT2D eigenvalue weighted by atomic mass is 9.75. The van der Waals surface area contributed by atoms with E-state index in [1.165, 1.54) is 24.4 Å². The van der Waals surface area contributed by atoms with Crippen molar-refractivity contribution in [3.63, 3.8) is 0 Å². The van der Waals surface area contributed by atoms with Crippen LogP contribution in [0.25, 0.3) is 0 Å². The molecule has 4 amide bonds. The summed E-state index contributed by atoms with van der Waals surface area (Å²) in [5.41, 5.74) is -0.908. The highest BCUT2D eigenvalue weighted by Gasteiger charge is 2.46. The van der Waals surface area contributed by atoms with Crippen molar-refractivity contribution >= 4 is 41.4 Å². The summed E-state index contributed by atoms with van der Waals surface area (Å²) in [6, 6.07) is 6.73. The third-order valence-corrected chi connectivity index (χ3v) is 11.7. The number of ketones is 1. The maximum Gasteiger partial charge on any atom is 0.289 e. The molecule has 0 radical (unpaired) electrons. The molecule has 0 spiro atoms. The van der Waals surface area contributed by atoms with Crippen molar-refractivity contribution in [2.45, 2.75) is 154 Å². The van der Waals surface area contributed by atoms with Gasteiger partial charge in [-0.15, -0.1) is 6.58 Å². The lowest BCUT2D eigenvalue weighted by Gasteiger charge is -2.41. The lowest BCUT2D eigenvalue weighted by Crippen LogP contribution is -2.62. The van der Waals surface area contributed by atoms with Gasteiger partial charge in [0.25, 0.3) is 5.91 Å². The highest BCUT2D eigenvalue weighted by Crippen LogP contribution is 2.40. The molecule has 10 nitrogen and oxygen atoms in total. The number of likely N-dealkylation sites (tertiary alicyclic amines) is 1. The van der Waals surface area contributed by atoms with Gasteiger partial charge in [0.2, 0.25) is 23.5 Å². The van der Waals surface area contributed by atoms with Gasteiger partial charge in [-0.05, 0) is 79.4 Å². The van der Waals surface area contributed by atoms with E-state index >= 15 is 0 Å². The molecule has 52 heavy (non-hydrogen) atoms. The second kappa shape index (κ2) is 20.9. The molecule has 1 heterocycles. The van der Waals surface area contributed by atoms with E-state index in [-0.39, 0.29) is 29.7 Å². The molecule has 3 aliphatic rings. The summed E-state index contributed by atoms with van der Waals surface area (Å²) in [6.45, 7) is 16.5. The molecule has 0 bridgehead atoms. The van der Waals surface area contributed by atoms with Crippen molar-refractivity contribution in [1.29, 1.82) is 0 Å². The van der Waals surface area contributed by atoms with Gasteiger partial charge in [-0.25, -0.2) is 4.72 Å². The van der Waals surface area contributed by atoms with Crippen LogP contribution in [0.2, 0.25) is 0 Å². The number of hydrogen-bond donors (Lipinski definition) is 4. The minimum absolute atomic E-state index is 0.153. The Labute approximate surface area is 317 Å². The van der Waals surface area contributed by atoms with Gasteiger partial charge in [0.15, 0.2) is 0 Å². The van der Waals surface area contributed by atoms with Crippen LogP contribution in [-0.4, -0.2) is 71.6 Å². The topological polar surface area (TPSA) is 137 Å². The molecule has 2 saturated carbocycles. The van der Waals surface area contributed by atoms with Crippen molar-refractivity contribution in [2.24, 2.45) is 16.7 Å². The van der Waals surface area contributed by atoms with Gasteiger partial charge in [0.05, 0.1) is 6.04 Å². The Hall–Kier alpha value is -3.18. The molecular formula is C41H65N5O5S. The molecule has 4 N–H and O–H groups in total. The van der Waals surface area contributed by atoms with Crippen molar-refractivity contribution in [1.82, 2.24) is 25.6 Å². The highest BCUT2D eigenvalue weighted by atomic mass is 32.2. The maximum atomic E-state index is 14.5. The SMILES string of the molecule is C=CCNC(=O)C(=O)C(CC1CC1)NC(=O)C1CCCN1C(=O)[C@@H](NC(=O)C(NSc1ccccc1)C1(C)CCCCCC1)C(C)(C)CC.CCC. The predicted molar refractivity (Wildman–Crippen MR) is 209 cm³/mol. The van der Waals surface area contributed by atoms with E-state index in [0.717, 1.165) is 56.3 Å². The Kier molecular flexibility index (Phi) is 17.4. The smallest absolute Gasteiger partial charge is 0.289 e. The van der Waals surface area contributed by atoms with Crippen molar-refractivity contribution in [3.8, 4) is 0 Å². The quantitative estimate of drug-likeness (QED) is 0.0620. The summed E-state index contributed by atoms with van der Waals surface area (Å²) in [7, 11) is 0. The van der Waals surface area contributed by atoms with E-state index < -0.39 is 47.2 Å². The summed E-state index contributed by atoms with van der Waals surface area (Å²) >= 11 is 1.44. The van der Waals surface area contributed by atoms with Crippen LogP contribution < -0.4 is 20.7 Å². The Morgan fingerprint density at radius 1 is 0.962 bits per heavy atom. The van der Waals surface area contributed by atoms with E-state index in [2.05, 4.69) is 48.0 Å². The lowest BCUT2D eigenvalue weighted by molar-refractivity contribution is -0.146. The van der Waals surface area contributed by atoms with Crippen molar-refractivity contribution in [2.75, 3.05) is 13.1 Å². The number of rotatable bonds is 17. The predicted octanol–water partition coefficient (Wildman–Crippen LogP) is 6.50. The molecule has 4 atom stereocenters. The van der Waals surface area contributed by atoms with Gasteiger partial charge in [0.1, 0.15) is 18.1 Å². The zero-order valence-electron chi connectivity index (χ0n) is 32.6. The average molecular weight is 740 g/mol. The van der Waals surface area contributed by atoms with Crippen LogP contribution in [0.15, 0.2) is 47.9 Å². The number of Topliss-reactive ketones (excluding diaryl/α,β-unsaturated/α-hetero) is 1. The molecule has 3 fully saturated rings. The number of nitrogens with zero attached hydrogens (tertiary/aromatic N) is 1. The van der Waals surface area contributed by atoms with Crippen LogP contribution >= 0.6 is 11.9 Å². The van der Waals surface area contributed by atoms with Crippen LogP contribution in [0.3, 0.4) is 0 Å². The first-order valence-electron chi connectivity index (χ1n) is 19.6. The van der Waals surface area contributed by atoms with E-state index in [9.17, 15) is 24.0 Å². The van der Waals surface area contributed by atoms with Crippen LogP contribution in [0.4, 0.5) is 0 Å². The molecule has 1 saturated heterocycles. The molecule has 1 aromatic rings. The molecule has 2 aliphatic carbocycles. The largest absolute Gasteiger partial charge is 0.346 e. The standard InChI is InChI=1S/C38H57N5O5S.C3H8/c1-6-23-39-34(46)30(44)28(25-26-19-20-26)40-33(45)29-18-15-24-43(29)36(48)32(37(3,4)7-2)41-35(47)31(38(5)21-13-8-9-14-22-38)42-49-27-16-11-10-12-17-27;1-3-2/h6,10-12,16-17,26,28-29,31-32,42H,1,7-9,13-15,18-25H2,2-5H3,(H,39,46)(H,40,45)(H,41,47);3H2,1-2H3/t28?,29?,31?,32-;/m1./s1. The van der Waals surface area contributed by atoms with Crippen LogP contribution in [-0.2, 0) is 24.0 Å². The first-order valence-corrected chi connectivity index (χ1v) is 20.4. The first-order chi connectivity index (χ1) is 24.8. The first kappa shape index (κ1) is 43.2. The van der Waals surface area contributed by atoms with E-state index in [1.54, 1.807) is 4.90 Å². The van der Waals surface area contributed by atoms with E-state index in [1.807, 2.05) is 51.1 Å².